The maximum Gasteiger partial charge on any atom is 0.0422 e. The molecule has 0 saturated heterocycles. The van der Waals surface area contributed by atoms with Crippen LogP contribution in [0.3, 0.4) is 0 Å². The SMILES string of the molecule is CCNCc1ccc(N(CC)c2ccc(C)cc2)cc1Br. The van der Waals surface area contributed by atoms with Crippen molar-refractivity contribution in [3.63, 3.8) is 0 Å². The Balaban J connectivity index is 2.26. The van der Waals surface area contributed by atoms with E-state index in [9.17, 15) is 0 Å². The van der Waals surface area contributed by atoms with Gasteiger partial charge < -0.3 is 10.2 Å². The molecule has 3 heteroatoms. The summed E-state index contributed by atoms with van der Waals surface area (Å²) in [4.78, 5) is 2.32. The summed E-state index contributed by atoms with van der Waals surface area (Å²) < 4.78 is 1.16. The first-order valence-electron chi connectivity index (χ1n) is 7.49. The zero-order valence-corrected chi connectivity index (χ0v) is 14.6. The summed E-state index contributed by atoms with van der Waals surface area (Å²) >= 11 is 3.69. The smallest absolute Gasteiger partial charge is 0.0422 e. The molecule has 2 aromatic carbocycles. The summed E-state index contributed by atoms with van der Waals surface area (Å²) in [5, 5.41) is 3.36. The normalized spacial score (nSPS) is 10.7. The van der Waals surface area contributed by atoms with Crippen molar-refractivity contribution < 1.29 is 0 Å². The number of benzene rings is 2. The minimum atomic E-state index is 0.897. The lowest BCUT2D eigenvalue weighted by atomic mass is 10.1. The van der Waals surface area contributed by atoms with Crippen molar-refractivity contribution in [3.8, 4) is 0 Å². The van der Waals surface area contributed by atoms with E-state index in [1.165, 1.54) is 22.5 Å². The maximum absolute atomic E-state index is 3.69. The summed E-state index contributed by atoms with van der Waals surface area (Å²) in [5.74, 6) is 0. The first-order valence-corrected chi connectivity index (χ1v) is 8.28. The fourth-order valence-electron chi connectivity index (χ4n) is 2.35. The minimum absolute atomic E-state index is 0.897. The largest absolute Gasteiger partial charge is 0.342 e. The highest BCUT2D eigenvalue weighted by atomic mass is 79.9. The molecule has 2 rings (SSSR count). The van der Waals surface area contributed by atoms with Gasteiger partial charge in [-0.25, -0.2) is 0 Å². The molecule has 0 aromatic heterocycles. The highest BCUT2D eigenvalue weighted by Crippen LogP contribution is 2.29. The molecule has 0 aliphatic rings. The summed E-state index contributed by atoms with van der Waals surface area (Å²) in [7, 11) is 0. The Bertz CT molecular complexity index is 578. The second-order valence-electron chi connectivity index (χ2n) is 5.14. The van der Waals surface area contributed by atoms with E-state index in [0.717, 1.165) is 24.1 Å². The van der Waals surface area contributed by atoms with Gasteiger partial charge in [0.1, 0.15) is 0 Å². The summed E-state index contributed by atoms with van der Waals surface area (Å²) in [6, 6.07) is 15.3. The molecule has 21 heavy (non-hydrogen) atoms. The molecule has 2 aromatic rings. The zero-order chi connectivity index (χ0) is 15.2. The van der Waals surface area contributed by atoms with Crippen LogP contribution in [0, 0.1) is 6.92 Å². The molecule has 0 aliphatic heterocycles. The van der Waals surface area contributed by atoms with Gasteiger partial charge in [0.05, 0.1) is 0 Å². The van der Waals surface area contributed by atoms with Crippen LogP contribution in [0.2, 0.25) is 0 Å². The zero-order valence-electron chi connectivity index (χ0n) is 13.0. The van der Waals surface area contributed by atoms with Crippen LogP contribution in [-0.4, -0.2) is 13.1 Å². The number of anilines is 2. The lowest BCUT2D eigenvalue weighted by Gasteiger charge is -2.24. The molecule has 1 N–H and O–H groups in total. The molecule has 0 atom stereocenters. The van der Waals surface area contributed by atoms with Crippen molar-refractivity contribution in [2.24, 2.45) is 0 Å². The average Bonchev–Trinajstić information content (AvgIpc) is 2.49. The van der Waals surface area contributed by atoms with Crippen LogP contribution < -0.4 is 10.2 Å². The van der Waals surface area contributed by atoms with Crippen LogP contribution in [0.15, 0.2) is 46.9 Å². The number of aryl methyl sites for hydroxylation is 1. The van der Waals surface area contributed by atoms with Crippen LogP contribution in [0.4, 0.5) is 11.4 Å². The van der Waals surface area contributed by atoms with Gasteiger partial charge in [-0.1, -0.05) is 46.6 Å². The average molecular weight is 347 g/mol. The predicted molar refractivity (Wildman–Crippen MR) is 95.4 cm³/mol. The van der Waals surface area contributed by atoms with Crippen LogP contribution in [0.25, 0.3) is 0 Å². The third-order valence-electron chi connectivity index (χ3n) is 3.58. The Hall–Kier alpha value is -1.32. The molecule has 0 spiro atoms. The molecular formula is C18H23BrN2. The third-order valence-corrected chi connectivity index (χ3v) is 4.31. The number of rotatable bonds is 6. The van der Waals surface area contributed by atoms with E-state index in [2.05, 4.69) is 89.4 Å². The standard InChI is InChI=1S/C18H23BrN2/c1-4-20-13-15-8-11-17(12-18(15)19)21(5-2)16-9-6-14(3)7-10-16/h6-12,20H,4-5,13H2,1-3H3. The van der Waals surface area contributed by atoms with Gasteiger partial charge in [0.15, 0.2) is 0 Å². The number of hydrogen-bond donors (Lipinski definition) is 1. The molecule has 0 radical (unpaired) electrons. The van der Waals surface area contributed by atoms with E-state index >= 15 is 0 Å². The van der Waals surface area contributed by atoms with Gasteiger partial charge >= 0.3 is 0 Å². The maximum atomic E-state index is 3.69. The van der Waals surface area contributed by atoms with Gasteiger partial charge in [-0.3, -0.25) is 0 Å². The van der Waals surface area contributed by atoms with E-state index in [1.807, 2.05) is 0 Å². The number of nitrogens with one attached hydrogen (secondary N) is 1. The summed E-state index contributed by atoms with van der Waals surface area (Å²) in [6.45, 7) is 9.25. The van der Waals surface area contributed by atoms with E-state index < -0.39 is 0 Å². The van der Waals surface area contributed by atoms with Crippen LogP contribution in [-0.2, 0) is 6.54 Å². The first-order chi connectivity index (χ1) is 10.2. The van der Waals surface area contributed by atoms with E-state index in [0.29, 0.717) is 0 Å². The molecule has 0 amide bonds. The lowest BCUT2D eigenvalue weighted by Crippen LogP contribution is -2.16. The van der Waals surface area contributed by atoms with Crippen molar-refractivity contribution >= 4 is 27.3 Å². The highest BCUT2D eigenvalue weighted by Gasteiger charge is 2.09. The van der Waals surface area contributed by atoms with Gasteiger partial charge in [-0.2, -0.15) is 0 Å². The Morgan fingerprint density at radius 3 is 2.24 bits per heavy atom. The van der Waals surface area contributed by atoms with Crippen molar-refractivity contribution in [2.45, 2.75) is 27.3 Å². The molecular weight excluding hydrogens is 324 g/mol. The molecule has 0 bridgehead atoms. The van der Waals surface area contributed by atoms with Crippen molar-refractivity contribution in [1.82, 2.24) is 5.32 Å². The van der Waals surface area contributed by atoms with Crippen LogP contribution in [0.1, 0.15) is 25.0 Å². The van der Waals surface area contributed by atoms with Crippen molar-refractivity contribution in [1.29, 1.82) is 0 Å². The number of nitrogens with zero attached hydrogens (tertiary/aromatic N) is 1. The monoisotopic (exact) mass is 346 g/mol. The number of halogens is 1. The molecule has 0 aliphatic carbocycles. The molecule has 0 fully saturated rings. The van der Waals surface area contributed by atoms with Crippen LogP contribution in [0.5, 0.6) is 0 Å². The quantitative estimate of drug-likeness (QED) is 0.789. The lowest BCUT2D eigenvalue weighted by molar-refractivity contribution is 0.724. The van der Waals surface area contributed by atoms with E-state index in [4.69, 9.17) is 0 Å². The van der Waals surface area contributed by atoms with Gasteiger partial charge in [-0.15, -0.1) is 0 Å². The van der Waals surface area contributed by atoms with Gasteiger partial charge in [-0.05, 0) is 50.2 Å². The fourth-order valence-corrected chi connectivity index (χ4v) is 2.85. The van der Waals surface area contributed by atoms with Crippen LogP contribution >= 0.6 is 15.9 Å². The third kappa shape index (κ3) is 4.08. The molecule has 0 unspecified atom stereocenters. The Labute approximate surface area is 136 Å². The first kappa shape index (κ1) is 16.1. The molecule has 0 heterocycles. The predicted octanol–water partition coefficient (Wildman–Crippen LogP) is 5.03. The Morgan fingerprint density at radius 1 is 1.00 bits per heavy atom. The van der Waals surface area contributed by atoms with Gasteiger partial charge in [0.25, 0.3) is 0 Å². The fraction of sp³-hybridized carbons (Fsp3) is 0.333. The second kappa shape index (κ2) is 7.62. The number of hydrogen-bond acceptors (Lipinski definition) is 2. The van der Waals surface area contributed by atoms with Gasteiger partial charge in [0, 0.05) is 28.9 Å². The second-order valence-corrected chi connectivity index (χ2v) is 5.99. The van der Waals surface area contributed by atoms with E-state index in [-0.39, 0.29) is 0 Å². The molecule has 0 saturated carbocycles. The van der Waals surface area contributed by atoms with Crippen molar-refractivity contribution in [3.05, 3.63) is 58.1 Å². The molecule has 112 valence electrons. The van der Waals surface area contributed by atoms with Crippen molar-refractivity contribution in [2.75, 3.05) is 18.0 Å². The van der Waals surface area contributed by atoms with Gasteiger partial charge in [0.2, 0.25) is 0 Å². The Morgan fingerprint density at radius 2 is 1.67 bits per heavy atom. The highest BCUT2D eigenvalue weighted by molar-refractivity contribution is 9.10. The summed E-state index contributed by atoms with van der Waals surface area (Å²) in [6.07, 6.45) is 0. The van der Waals surface area contributed by atoms with E-state index in [1.54, 1.807) is 0 Å². The summed E-state index contributed by atoms with van der Waals surface area (Å²) in [5.41, 5.74) is 5.03. The minimum Gasteiger partial charge on any atom is -0.342 e. The Kier molecular flexibility index (Phi) is 5.83. The topological polar surface area (TPSA) is 15.3 Å². The molecule has 2 nitrogen and oxygen atoms in total.